The second-order valence-electron chi connectivity index (χ2n) is 4.67. The summed E-state index contributed by atoms with van der Waals surface area (Å²) in [5.41, 5.74) is 0.672. The summed E-state index contributed by atoms with van der Waals surface area (Å²) in [6.45, 7) is 5.30. The molecule has 2 rings (SSSR count). The molecule has 0 fully saturated rings. The maximum atomic E-state index is 12.1. The minimum absolute atomic E-state index is 0.158. The number of carbonyl (C=O) groups excluding carboxylic acids is 1. The van der Waals surface area contributed by atoms with Crippen LogP contribution in [0.15, 0.2) is 5.16 Å². The van der Waals surface area contributed by atoms with E-state index in [0.717, 1.165) is 11.8 Å². The first kappa shape index (κ1) is 17.0. The molecule has 0 saturated heterocycles. The molecule has 118 valence electrons. The molecule has 2 aromatic heterocycles. The molecule has 0 spiro atoms. The number of carboxylic acid groups (broad SMARTS) is 1. The number of esters is 1. The molecule has 0 aliphatic heterocycles. The number of nitrogens with zero attached hydrogens (tertiary/aromatic N) is 2. The minimum atomic E-state index is -0.964. The van der Waals surface area contributed by atoms with Crippen molar-refractivity contribution < 1.29 is 19.4 Å². The van der Waals surface area contributed by atoms with E-state index in [1.54, 1.807) is 20.8 Å². The lowest BCUT2D eigenvalue weighted by Gasteiger charge is -2.06. The molecule has 0 amide bonds. The number of thiophene rings is 1. The Balaban J connectivity index is 2.42. The van der Waals surface area contributed by atoms with Crippen LogP contribution in [0, 0.1) is 6.92 Å². The fraction of sp³-hybridized carbons (Fsp3) is 0.385. The Morgan fingerprint density at radius 2 is 2.09 bits per heavy atom. The van der Waals surface area contributed by atoms with Gasteiger partial charge in [0.25, 0.3) is 0 Å². The number of hydrogen-bond donors (Lipinski definition) is 1. The lowest BCUT2D eigenvalue weighted by molar-refractivity contribution is -0.133. The van der Waals surface area contributed by atoms with Gasteiger partial charge in [-0.25, -0.2) is 14.8 Å². The van der Waals surface area contributed by atoms with Crippen molar-refractivity contribution in [1.29, 1.82) is 0 Å². The Kier molecular flexibility index (Phi) is 5.25. The van der Waals surface area contributed by atoms with Crippen LogP contribution in [0.25, 0.3) is 10.2 Å². The number of thioether (sulfide) groups is 1. The van der Waals surface area contributed by atoms with Gasteiger partial charge in [-0.1, -0.05) is 23.4 Å². The van der Waals surface area contributed by atoms with E-state index in [-0.39, 0.29) is 22.2 Å². The van der Waals surface area contributed by atoms with Crippen LogP contribution in [0.5, 0.6) is 0 Å². The zero-order chi connectivity index (χ0) is 16.4. The van der Waals surface area contributed by atoms with Gasteiger partial charge in [-0.15, -0.1) is 11.3 Å². The molecule has 22 heavy (non-hydrogen) atoms. The van der Waals surface area contributed by atoms with E-state index in [1.165, 1.54) is 11.3 Å². The summed E-state index contributed by atoms with van der Waals surface area (Å²) >= 11 is 8.29. The molecular weight excluding hydrogens is 348 g/mol. The number of ether oxygens (including phenoxy) is 1. The smallest absolute Gasteiger partial charge is 0.348 e. The molecule has 9 heteroatoms. The highest BCUT2D eigenvalue weighted by Gasteiger charge is 2.21. The number of carboxylic acids is 1. The predicted molar refractivity (Wildman–Crippen MR) is 86.1 cm³/mol. The van der Waals surface area contributed by atoms with Crippen LogP contribution >= 0.6 is 34.7 Å². The normalized spacial score (nSPS) is 11.1. The second kappa shape index (κ2) is 6.80. The number of fused-ring (bicyclic) bond motifs is 1. The molecule has 0 saturated carbocycles. The Labute approximate surface area is 139 Å². The SMILES string of the molecule is Cc1c(C(=O)OC(C)C)sc2nc(SCC(=O)O)nc(Cl)c12. The van der Waals surface area contributed by atoms with E-state index in [2.05, 4.69) is 9.97 Å². The topological polar surface area (TPSA) is 89.4 Å². The number of aromatic nitrogens is 2. The van der Waals surface area contributed by atoms with Gasteiger partial charge in [0.15, 0.2) is 5.16 Å². The molecule has 0 radical (unpaired) electrons. The van der Waals surface area contributed by atoms with Crippen molar-refractivity contribution in [1.82, 2.24) is 9.97 Å². The highest BCUT2D eigenvalue weighted by Crippen LogP contribution is 2.35. The first-order valence-electron chi connectivity index (χ1n) is 6.31. The van der Waals surface area contributed by atoms with Crippen LogP contribution in [0.4, 0.5) is 0 Å². The molecule has 0 aliphatic rings. The number of aliphatic carboxylic acids is 1. The van der Waals surface area contributed by atoms with Gasteiger partial charge < -0.3 is 9.84 Å². The van der Waals surface area contributed by atoms with Gasteiger partial charge >= 0.3 is 11.9 Å². The third-order valence-corrected chi connectivity index (χ3v) is 4.85. The van der Waals surface area contributed by atoms with E-state index in [0.29, 0.717) is 20.7 Å². The first-order chi connectivity index (χ1) is 10.3. The predicted octanol–water partition coefficient (Wildman–Crippen LogP) is 3.40. The lowest BCUT2D eigenvalue weighted by atomic mass is 10.2. The van der Waals surface area contributed by atoms with Gasteiger partial charge in [0.2, 0.25) is 0 Å². The van der Waals surface area contributed by atoms with Gasteiger partial charge in [-0.05, 0) is 26.3 Å². The molecule has 0 aliphatic carbocycles. The average molecular weight is 361 g/mol. The molecule has 0 atom stereocenters. The van der Waals surface area contributed by atoms with E-state index in [4.69, 9.17) is 21.4 Å². The van der Waals surface area contributed by atoms with Crippen molar-refractivity contribution in [3.05, 3.63) is 15.6 Å². The molecule has 2 heterocycles. The van der Waals surface area contributed by atoms with Crippen LogP contribution in [0.2, 0.25) is 5.15 Å². The van der Waals surface area contributed by atoms with Crippen LogP contribution in [-0.2, 0) is 9.53 Å². The van der Waals surface area contributed by atoms with Crippen molar-refractivity contribution in [2.24, 2.45) is 0 Å². The monoisotopic (exact) mass is 360 g/mol. The highest BCUT2D eigenvalue weighted by atomic mass is 35.5. The Hall–Kier alpha value is -1.38. The number of halogens is 1. The van der Waals surface area contributed by atoms with E-state index in [1.807, 2.05) is 0 Å². The molecular formula is C13H13ClN2O4S2. The summed E-state index contributed by atoms with van der Waals surface area (Å²) in [5, 5.41) is 9.77. The van der Waals surface area contributed by atoms with Crippen molar-refractivity contribution in [2.45, 2.75) is 32.0 Å². The molecule has 6 nitrogen and oxygen atoms in total. The Morgan fingerprint density at radius 1 is 1.41 bits per heavy atom. The van der Waals surface area contributed by atoms with Crippen LogP contribution in [0.3, 0.4) is 0 Å². The number of rotatable bonds is 5. The third kappa shape index (κ3) is 3.68. The minimum Gasteiger partial charge on any atom is -0.481 e. The molecule has 1 N–H and O–H groups in total. The Bertz CT molecular complexity index is 745. The first-order valence-corrected chi connectivity index (χ1v) is 8.49. The molecule has 0 unspecified atom stereocenters. The quantitative estimate of drug-likeness (QED) is 0.378. The summed E-state index contributed by atoms with van der Waals surface area (Å²) in [5.74, 6) is -1.55. The number of carbonyl (C=O) groups is 2. The third-order valence-electron chi connectivity index (χ3n) is 2.58. The van der Waals surface area contributed by atoms with Crippen molar-refractivity contribution in [2.75, 3.05) is 5.75 Å². The maximum Gasteiger partial charge on any atom is 0.348 e. The number of hydrogen-bond acceptors (Lipinski definition) is 7. The van der Waals surface area contributed by atoms with E-state index in [9.17, 15) is 9.59 Å². The molecule has 0 bridgehead atoms. The summed E-state index contributed by atoms with van der Waals surface area (Å²) in [4.78, 5) is 32.0. The fourth-order valence-electron chi connectivity index (χ4n) is 1.72. The van der Waals surface area contributed by atoms with Gasteiger partial charge in [-0.2, -0.15) is 0 Å². The van der Waals surface area contributed by atoms with Crippen LogP contribution in [0.1, 0.15) is 29.1 Å². The van der Waals surface area contributed by atoms with Gasteiger partial charge in [0, 0.05) is 0 Å². The Morgan fingerprint density at radius 3 is 2.68 bits per heavy atom. The molecule has 2 aromatic rings. The highest BCUT2D eigenvalue weighted by molar-refractivity contribution is 7.99. The van der Waals surface area contributed by atoms with Crippen LogP contribution in [-0.4, -0.2) is 38.9 Å². The van der Waals surface area contributed by atoms with E-state index >= 15 is 0 Å². The zero-order valence-corrected chi connectivity index (χ0v) is 14.4. The van der Waals surface area contributed by atoms with Crippen molar-refractivity contribution >= 4 is 56.9 Å². The van der Waals surface area contributed by atoms with Crippen LogP contribution < -0.4 is 0 Å². The lowest BCUT2D eigenvalue weighted by Crippen LogP contribution is -2.11. The summed E-state index contributed by atoms with van der Waals surface area (Å²) in [7, 11) is 0. The second-order valence-corrected chi connectivity index (χ2v) is 6.97. The van der Waals surface area contributed by atoms with Crippen molar-refractivity contribution in [3.63, 3.8) is 0 Å². The fourth-order valence-corrected chi connectivity index (χ4v) is 3.83. The zero-order valence-electron chi connectivity index (χ0n) is 12.0. The summed E-state index contributed by atoms with van der Waals surface area (Å²) < 4.78 is 5.19. The summed E-state index contributed by atoms with van der Waals surface area (Å²) in [6, 6.07) is 0. The van der Waals surface area contributed by atoms with Gasteiger partial charge in [-0.3, -0.25) is 4.79 Å². The maximum absolute atomic E-state index is 12.1. The largest absolute Gasteiger partial charge is 0.481 e. The molecule has 0 aromatic carbocycles. The summed E-state index contributed by atoms with van der Waals surface area (Å²) in [6.07, 6.45) is -0.222. The standard InChI is InChI=1S/C13H13ClN2O4S2/c1-5(2)20-12(19)9-6(3)8-10(14)15-13(16-11(8)22-9)21-4-7(17)18/h5H,4H2,1-3H3,(H,17,18). The number of aryl methyl sites for hydroxylation is 1. The van der Waals surface area contributed by atoms with Crippen molar-refractivity contribution in [3.8, 4) is 0 Å². The average Bonchev–Trinajstić information content (AvgIpc) is 2.73. The van der Waals surface area contributed by atoms with E-state index < -0.39 is 11.9 Å². The van der Waals surface area contributed by atoms with Gasteiger partial charge in [0.1, 0.15) is 14.9 Å². The van der Waals surface area contributed by atoms with Gasteiger partial charge in [0.05, 0.1) is 17.2 Å².